The van der Waals surface area contributed by atoms with Gasteiger partial charge in [-0.15, -0.1) is 0 Å². The molecular weight excluding hydrogens is 400 g/mol. The van der Waals surface area contributed by atoms with Crippen LogP contribution in [0, 0.1) is 0 Å². The van der Waals surface area contributed by atoms with Gasteiger partial charge >= 0.3 is 6.16 Å². The minimum Gasteiger partial charge on any atom is -0.431 e. The van der Waals surface area contributed by atoms with Crippen molar-refractivity contribution in [3.05, 3.63) is 0 Å². The fraction of sp³-hybridized carbons (Fsp3) is 0.737. The molecule has 4 atom stereocenters. The first kappa shape index (κ1) is 20.7. The van der Waals surface area contributed by atoms with Crippen molar-refractivity contribution in [1.82, 2.24) is 9.80 Å². The van der Waals surface area contributed by atoms with Crippen molar-refractivity contribution in [2.45, 2.75) is 76.0 Å². The average Bonchev–Trinajstić information content (AvgIpc) is 3.22. The van der Waals surface area contributed by atoms with Crippen LogP contribution in [0.5, 0.6) is 0 Å². The molecule has 0 aromatic heterocycles. The topological polar surface area (TPSA) is 129 Å². The van der Waals surface area contributed by atoms with Crippen LogP contribution in [0.4, 0.5) is 4.79 Å². The summed E-state index contributed by atoms with van der Waals surface area (Å²) in [7, 11) is 0. The predicted molar refractivity (Wildman–Crippen MR) is 95.3 cm³/mol. The molecule has 4 fully saturated rings. The number of ether oxygens (including phenoxy) is 4. The summed E-state index contributed by atoms with van der Waals surface area (Å²) in [5, 5.41) is 0. The van der Waals surface area contributed by atoms with Crippen LogP contribution in [0.25, 0.3) is 0 Å². The molecule has 4 heterocycles. The summed E-state index contributed by atoms with van der Waals surface area (Å²) in [5.41, 5.74) is 0. The molecule has 11 nitrogen and oxygen atoms in total. The molecule has 30 heavy (non-hydrogen) atoms. The van der Waals surface area contributed by atoms with E-state index in [-0.39, 0.29) is 75.4 Å². The number of imide groups is 2. The van der Waals surface area contributed by atoms with E-state index in [2.05, 4.69) is 0 Å². The van der Waals surface area contributed by atoms with Crippen LogP contribution in [0.3, 0.4) is 0 Å². The number of likely N-dealkylation sites (tertiary alicyclic amines) is 2. The summed E-state index contributed by atoms with van der Waals surface area (Å²) >= 11 is 0. The lowest BCUT2D eigenvalue weighted by atomic mass is 10.1. The Morgan fingerprint density at radius 1 is 0.700 bits per heavy atom. The average molecular weight is 424 g/mol. The van der Waals surface area contributed by atoms with E-state index in [1.165, 1.54) is 0 Å². The SMILES string of the molecule is O=C(OC1CCOC(N2C(=O)CCC2=O)C1)OC1CCOC(N2C(=O)CCC2=O)C1. The van der Waals surface area contributed by atoms with Crippen LogP contribution in [0.2, 0.25) is 0 Å². The highest BCUT2D eigenvalue weighted by molar-refractivity contribution is 6.02. The van der Waals surface area contributed by atoms with Crippen LogP contribution in [-0.2, 0) is 38.1 Å². The standard InChI is InChI=1S/C19H24N2O9/c22-13-1-2-14(23)20(13)17-9-11(5-7-27-17)29-19(26)30-12-6-8-28-18(10-12)21-15(24)3-4-16(21)25/h11-12,17-18H,1-10H2. The third-order valence-corrected chi connectivity index (χ3v) is 5.71. The van der Waals surface area contributed by atoms with Crippen LogP contribution in [-0.4, -0.2) is 77.5 Å². The first-order chi connectivity index (χ1) is 14.4. The zero-order valence-electron chi connectivity index (χ0n) is 16.4. The van der Waals surface area contributed by atoms with Gasteiger partial charge in [0.15, 0.2) is 0 Å². The van der Waals surface area contributed by atoms with E-state index in [9.17, 15) is 24.0 Å². The van der Waals surface area contributed by atoms with Gasteiger partial charge in [-0.2, -0.15) is 0 Å². The molecule has 4 amide bonds. The smallest absolute Gasteiger partial charge is 0.431 e. The minimum absolute atomic E-state index is 0.166. The van der Waals surface area contributed by atoms with Crippen molar-refractivity contribution in [1.29, 1.82) is 0 Å². The van der Waals surface area contributed by atoms with Gasteiger partial charge in [0.2, 0.25) is 23.6 Å². The third kappa shape index (κ3) is 4.31. The van der Waals surface area contributed by atoms with Crippen molar-refractivity contribution in [3.63, 3.8) is 0 Å². The molecule has 0 aromatic rings. The van der Waals surface area contributed by atoms with E-state index >= 15 is 0 Å². The number of hydrogen-bond donors (Lipinski definition) is 0. The van der Waals surface area contributed by atoms with E-state index in [1.54, 1.807) is 0 Å². The quantitative estimate of drug-likeness (QED) is 0.466. The van der Waals surface area contributed by atoms with Crippen LogP contribution in [0.15, 0.2) is 0 Å². The first-order valence-corrected chi connectivity index (χ1v) is 10.2. The molecule has 4 aliphatic heterocycles. The Morgan fingerprint density at radius 2 is 1.07 bits per heavy atom. The normalized spacial score (nSPS) is 32.7. The molecular formula is C19H24N2O9. The van der Waals surface area contributed by atoms with Crippen LogP contribution < -0.4 is 0 Å². The highest BCUT2D eigenvalue weighted by atomic mass is 16.7. The third-order valence-electron chi connectivity index (χ3n) is 5.71. The van der Waals surface area contributed by atoms with E-state index in [0.717, 1.165) is 9.80 Å². The number of carbonyl (C=O) groups is 5. The largest absolute Gasteiger partial charge is 0.508 e. The van der Waals surface area contributed by atoms with E-state index in [0.29, 0.717) is 12.8 Å². The number of nitrogens with zero attached hydrogens (tertiary/aromatic N) is 2. The summed E-state index contributed by atoms with van der Waals surface area (Å²) in [5.74, 6) is -1.14. The van der Waals surface area contributed by atoms with Crippen molar-refractivity contribution in [2.75, 3.05) is 13.2 Å². The Labute approximate surface area is 172 Å². The zero-order valence-corrected chi connectivity index (χ0v) is 16.4. The molecule has 0 radical (unpaired) electrons. The summed E-state index contributed by atoms with van der Waals surface area (Å²) < 4.78 is 21.8. The number of amides is 4. The zero-order chi connectivity index (χ0) is 21.3. The number of rotatable bonds is 4. The summed E-state index contributed by atoms with van der Waals surface area (Å²) in [6.45, 7) is 0.496. The van der Waals surface area contributed by atoms with E-state index in [1.807, 2.05) is 0 Å². The molecule has 11 heteroatoms. The van der Waals surface area contributed by atoms with Gasteiger partial charge in [0.05, 0.1) is 13.2 Å². The molecule has 4 rings (SSSR count). The second-order valence-electron chi connectivity index (χ2n) is 7.74. The Hall–Kier alpha value is -2.53. The maximum atomic E-state index is 12.3. The molecule has 0 spiro atoms. The molecule has 164 valence electrons. The van der Waals surface area contributed by atoms with Gasteiger partial charge < -0.3 is 18.9 Å². The van der Waals surface area contributed by atoms with Gasteiger partial charge in [-0.1, -0.05) is 0 Å². The highest BCUT2D eigenvalue weighted by Crippen LogP contribution is 2.27. The lowest BCUT2D eigenvalue weighted by Gasteiger charge is -2.35. The van der Waals surface area contributed by atoms with Crippen molar-refractivity contribution < 1.29 is 42.9 Å². The predicted octanol–water partition coefficient (Wildman–Crippen LogP) is 0.448. The fourth-order valence-electron chi connectivity index (χ4n) is 4.20. The lowest BCUT2D eigenvalue weighted by molar-refractivity contribution is -0.167. The van der Waals surface area contributed by atoms with Crippen molar-refractivity contribution in [3.8, 4) is 0 Å². The minimum atomic E-state index is -0.871. The highest BCUT2D eigenvalue weighted by Gasteiger charge is 2.41. The Balaban J connectivity index is 1.28. The van der Waals surface area contributed by atoms with Gasteiger partial charge in [-0.3, -0.25) is 29.0 Å². The molecule has 0 aromatic carbocycles. The molecule has 0 aliphatic carbocycles. The molecule has 0 saturated carbocycles. The second-order valence-corrected chi connectivity index (χ2v) is 7.74. The maximum Gasteiger partial charge on any atom is 0.508 e. The molecule has 0 N–H and O–H groups in total. The first-order valence-electron chi connectivity index (χ1n) is 10.2. The van der Waals surface area contributed by atoms with Crippen molar-refractivity contribution in [2.24, 2.45) is 0 Å². The number of carbonyl (C=O) groups excluding carboxylic acids is 5. The Bertz CT molecular complexity index is 662. The van der Waals surface area contributed by atoms with E-state index in [4.69, 9.17) is 18.9 Å². The Morgan fingerprint density at radius 3 is 1.43 bits per heavy atom. The molecule has 4 unspecified atom stereocenters. The molecule has 4 aliphatic rings. The molecule has 4 saturated heterocycles. The van der Waals surface area contributed by atoms with Crippen LogP contribution in [0.1, 0.15) is 51.4 Å². The summed E-state index contributed by atoms with van der Waals surface area (Å²) in [4.78, 5) is 62.0. The summed E-state index contributed by atoms with van der Waals surface area (Å²) in [6, 6.07) is 0. The van der Waals surface area contributed by atoms with Gasteiger partial charge in [0.1, 0.15) is 24.7 Å². The maximum absolute atomic E-state index is 12.3. The van der Waals surface area contributed by atoms with Gasteiger partial charge in [-0.05, 0) is 0 Å². The number of hydrogen-bond acceptors (Lipinski definition) is 9. The Kier molecular flexibility index (Phi) is 6.00. The summed E-state index contributed by atoms with van der Waals surface area (Å²) in [6.07, 6.45) is -1.54. The van der Waals surface area contributed by atoms with Crippen molar-refractivity contribution >= 4 is 29.8 Å². The van der Waals surface area contributed by atoms with Gasteiger partial charge in [-0.25, -0.2) is 4.79 Å². The van der Waals surface area contributed by atoms with Gasteiger partial charge in [0, 0.05) is 51.4 Å². The second kappa shape index (κ2) is 8.68. The molecule has 0 bridgehead atoms. The van der Waals surface area contributed by atoms with Gasteiger partial charge in [0.25, 0.3) is 0 Å². The monoisotopic (exact) mass is 424 g/mol. The van der Waals surface area contributed by atoms with E-state index < -0.39 is 30.8 Å². The lowest BCUT2D eigenvalue weighted by Crippen LogP contribution is -2.47. The van der Waals surface area contributed by atoms with Crippen LogP contribution >= 0.6 is 0 Å². The fourth-order valence-corrected chi connectivity index (χ4v) is 4.20.